The number of carbonyl (C=O) groups excluding carboxylic acids is 2. The number of halogens is 2. The van der Waals surface area contributed by atoms with Gasteiger partial charge in [0.1, 0.15) is 16.5 Å². The molecule has 1 aliphatic heterocycles. The molecule has 1 fully saturated rings. The Morgan fingerprint density at radius 1 is 1.18 bits per heavy atom. The third kappa shape index (κ3) is 4.85. The van der Waals surface area contributed by atoms with Crippen LogP contribution < -0.4 is 5.43 Å². The van der Waals surface area contributed by atoms with Crippen molar-refractivity contribution < 1.29 is 18.9 Å². The molecule has 2 heterocycles. The summed E-state index contributed by atoms with van der Waals surface area (Å²) in [7, 11) is 0. The van der Waals surface area contributed by atoms with E-state index in [1.165, 1.54) is 18.2 Å². The van der Waals surface area contributed by atoms with E-state index in [9.17, 15) is 19.7 Å². The van der Waals surface area contributed by atoms with Crippen LogP contribution in [0.3, 0.4) is 0 Å². The largest absolute Gasteiger partial charge is 0.457 e. The Morgan fingerprint density at radius 2 is 1.94 bits per heavy atom. The minimum atomic E-state index is -0.584. The number of aryl methyl sites for hydroxylation is 1. The number of furan rings is 1. The Kier molecular flexibility index (Phi) is 6.76. The topological polar surface area (TPSA) is 106 Å². The first-order chi connectivity index (χ1) is 16.1. The van der Waals surface area contributed by atoms with Crippen molar-refractivity contribution in [1.82, 2.24) is 10.4 Å². The number of benzene rings is 2. The summed E-state index contributed by atoms with van der Waals surface area (Å²) in [6.07, 6.45) is 1.47. The molecule has 1 aromatic heterocycles. The van der Waals surface area contributed by atoms with Crippen molar-refractivity contribution in [1.29, 1.82) is 0 Å². The average molecular weight is 534 g/mol. The maximum Gasteiger partial charge on any atom is 0.288 e. The molecule has 0 atom stereocenters. The molecule has 0 saturated carbocycles. The van der Waals surface area contributed by atoms with E-state index in [1.54, 1.807) is 36.4 Å². The summed E-state index contributed by atoms with van der Waals surface area (Å²) in [6.45, 7) is 1.84. The Balaban J connectivity index is 1.53. The van der Waals surface area contributed by atoms with Gasteiger partial charge in [-0.3, -0.25) is 25.1 Å². The number of hydrogen-bond donors (Lipinski definition) is 1. The summed E-state index contributed by atoms with van der Waals surface area (Å²) >= 11 is 18.2. The summed E-state index contributed by atoms with van der Waals surface area (Å²) in [5.41, 5.74) is 3.77. The van der Waals surface area contributed by atoms with Crippen LogP contribution >= 0.6 is 47.2 Å². The van der Waals surface area contributed by atoms with Crippen LogP contribution in [0.25, 0.3) is 17.4 Å². The minimum absolute atomic E-state index is 0.0122. The van der Waals surface area contributed by atoms with Crippen LogP contribution in [0.4, 0.5) is 5.69 Å². The van der Waals surface area contributed by atoms with E-state index in [0.717, 1.165) is 22.3 Å². The van der Waals surface area contributed by atoms with E-state index >= 15 is 0 Å². The number of nitrogens with one attached hydrogen (secondary N) is 1. The quantitative estimate of drug-likeness (QED) is 0.185. The van der Waals surface area contributed by atoms with Gasteiger partial charge in [-0.05, 0) is 61.1 Å². The lowest BCUT2D eigenvalue weighted by Gasteiger charge is -2.16. The molecule has 0 bridgehead atoms. The summed E-state index contributed by atoms with van der Waals surface area (Å²) in [6, 6.07) is 12.4. The second kappa shape index (κ2) is 9.59. The maximum atomic E-state index is 12.8. The van der Waals surface area contributed by atoms with Crippen LogP contribution in [-0.2, 0) is 4.79 Å². The van der Waals surface area contributed by atoms with Crippen LogP contribution in [0.2, 0.25) is 10.0 Å². The van der Waals surface area contributed by atoms with E-state index in [-0.39, 0.29) is 30.5 Å². The van der Waals surface area contributed by atoms with E-state index < -0.39 is 16.7 Å². The van der Waals surface area contributed by atoms with E-state index in [4.69, 9.17) is 39.8 Å². The second-order valence-corrected chi connectivity index (χ2v) is 9.56. The number of nitrogens with zero attached hydrogens (tertiary/aromatic N) is 2. The summed E-state index contributed by atoms with van der Waals surface area (Å²) in [5.74, 6) is -0.441. The molecule has 0 radical (unpaired) electrons. The molecule has 172 valence electrons. The Bertz CT molecular complexity index is 1400. The molecule has 34 heavy (non-hydrogen) atoms. The molecule has 1 aliphatic rings. The molecule has 12 heteroatoms. The van der Waals surface area contributed by atoms with Crippen molar-refractivity contribution in [3.05, 3.63) is 90.5 Å². The van der Waals surface area contributed by atoms with Gasteiger partial charge in [-0.1, -0.05) is 41.0 Å². The standard InChI is InChI=1S/C22H13Cl2N3O5S2/c1-11-2-5-14(16(24)8-11)20(28)25-26-21(29)19(34-22(26)33)10-13-4-7-18(32-13)12-3-6-15(23)17(9-12)27(30)31/h2-10H,1H3,(H,25,28)/b19-10+. The molecule has 0 spiro atoms. The zero-order valence-corrected chi connectivity index (χ0v) is 20.3. The van der Waals surface area contributed by atoms with Crippen LogP contribution in [0, 0.1) is 17.0 Å². The molecule has 1 N–H and O–H groups in total. The lowest BCUT2D eigenvalue weighted by atomic mass is 10.1. The van der Waals surface area contributed by atoms with Crippen LogP contribution in [0.15, 0.2) is 57.9 Å². The first-order valence-corrected chi connectivity index (χ1v) is 11.5. The molecule has 3 aromatic rings. The van der Waals surface area contributed by atoms with Crippen molar-refractivity contribution in [3.8, 4) is 11.3 Å². The van der Waals surface area contributed by atoms with Gasteiger partial charge in [0.25, 0.3) is 17.5 Å². The van der Waals surface area contributed by atoms with Gasteiger partial charge in [-0.2, -0.15) is 5.01 Å². The molecule has 8 nitrogen and oxygen atoms in total. The highest BCUT2D eigenvalue weighted by Gasteiger charge is 2.34. The van der Waals surface area contributed by atoms with Crippen LogP contribution in [0.1, 0.15) is 21.7 Å². The van der Waals surface area contributed by atoms with Crippen molar-refractivity contribution in [2.75, 3.05) is 0 Å². The Hall–Kier alpha value is -3.18. The van der Waals surface area contributed by atoms with Gasteiger partial charge < -0.3 is 4.42 Å². The van der Waals surface area contributed by atoms with E-state index in [0.29, 0.717) is 17.1 Å². The van der Waals surface area contributed by atoms with Gasteiger partial charge in [-0.25, -0.2) is 0 Å². The fourth-order valence-corrected chi connectivity index (χ4v) is 4.72. The summed E-state index contributed by atoms with van der Waals surface area (Å²) < 4.78 is 5.86. The van der Waals surface area contributed by atoms with Crippen molar-refractivity contribution >= 4 is 75.1 Å². The number of thioether (sulfide) groups is 1. The van der Waals surface area contributed by atoms with Crippen molar-refractivity contribution in [2.24, 2.45) is 0 Å². The number of hydrogen-bond acceptors (Lipinski definition) is 7. The number of thiocarbonyl (C=S) groups is 1. The molecule has 0 unspecified atom stereocenters. The number of nitro benzene ring substituents is 1. The second-order valence-electron chi connectivity index (χ2n) is 7.07. The third-order valence-electron chi connectivity index (χ3n) is 4.70. The molecule has 0 aliphatic carbocycles. The highest BCUT2D eigenvalue weighted by Crippen LogP contribution is 2.34. The van der Waals surface area contributed by atoms with Gasteiger partial charge >= 0.3 is 0 Å². The van der Waals surface area contributed by atoms with Crippen molar-refractivity contribution in [2.45, 2.75) is 6.92 Å². The zero-order chi connectivity index (χ0) is 24.6. The predicted octanol–water partition coefficient (Wildman–Crippen LogP) is 6.02. The smallest absolute Gasteiger partial charge is 0.288 e. The first-order valence-electron chi connectivity index (χ1n) is 9.53. The number of amides is 2. The summed E-state index contributed by atoms with van der Waals surface area (Å²) in [4.78, 5) is 36.2. The molecule has 1 saturated heterocycles. The van der Waals surface area contributed by atoms with E-state index in [2.05, 4.69) is 5.43 Å². The maximum absolute atomic E-state index is 12.8. The normalized spacial score (nSPS) is 14.7. The summed E-state index contributed by atoms with van der Waals surface area (Å²) in [5, 5.41) is 12.4. The average Bonchev–Trinajstić information content (AvgIpc) is 3.34. The monoisotopic (exact) mass is 533 g/mol. The lowest BCUT2D eigenvalue weighted by molar-refractivity contribution is -0.384. The SMILES string of the molecule is Cc1ccc(C(=O)NN2C(=O)/C(=C\c3ccc(-c4ccc(Cl)c([N+](=O)[O-])c4)o3)SC2=S)c(Cl)c1. The van der Waals surface area contributed by atoms with Crippen LogP contribution in [-0.4, -0.2) is 26.1 Å². The number of nitro groups is 1. The van der Waals surface area contributed by atoms with Gasteiger partial charge in [0, 0.05) is 17.7 Å². The minimum Gasteiger partial charge on any atom is -0.457 e. The van der Waals surface area contributed by atoms with Gasteiger partial charge in [-0.15, -0.1) is 0 Å². The number of hydrazine groups is 1. The molecular formula is C22H13Cl2N3O5S2. The Labute approximate surface area is 212 Å². The fraction of sp³-hybridized carbons (Fsp3) is 0.0455. The predicted molar refractivity (Wildman–Crippen MR) is 134 cm³/mol. The number of rotatable bonds is 5. The zero-order valence-electron chi connectivity index (χ0n) is 17.2. The van der Waals surface area contributed by atoms with Gasteiger partial charge in [0.05, 0.1) is 20.4 Å². The number of carbonyl (C=O) groups is 2. The lowest BCUT2D eigenvalue weighted by Crippen LogP contribution is -2.44. The third-order valence-corrected chi connectivity index (χ3v) is 6.64. The fourth-order valence-electron chi connectivity index (χ4n) is 3.05. The van der Waals surface area contributed by atoms with Gasteiger partial charge in [0.15, 0.2) is 4.32 Å². The first kappa shape index (κ1) is 24.0. The molecule has 2 amide bonds. The van der Waals surface area contributed by atoms with Crippen LogP contribution in [0.5, 0.6) is 0 Å². The molecular weight excluding hydrogens is 521 g/mol. The van der Waals surface area contributed by atoms with Crippen molar-refractivity contribution in [3.63, 3.8) is 0 Å². The molecule has 2 aromatic carbocycles. The van der Waals surface area contributed by atoms with E-state index in [1.807, 2.05) is 6.92 Å². The highest BCUT2D eigenvalue weighted by molar-refractivity contribution is 8.26. The Morgan fingerprint density at radius 3 is 2.65 bits per heavy atom. The molecule has 4 rings (SSSR count). The highest BCUT2D eigenvalue weighted by atomic mass is 35.5. The van der Waals surface area contributed by atoms with Gasteiger partial charge in [0.2, 0.25) is 0 Å².